The molecule has 4 atom stereocenters. The topological polar surface area (TPSA) is 63.6 Å². The second-order valence-corrected chi connectivity index (χ2v) is 8.12. The first kappa shape index (κ1) is 23.7. The molecule has 0 saturated heterocycles. The lowest BCUT2D eigenvalue weighted by molar-refractivity contribution is -0.164. The number of carbonyl (C=O) groups excluding carboxylic acids is 1. The van der Waals surface area contributed by atoms with Crippen LogP contribution in [0.1, 0.15) is 97.8 Å². The normalized spacial score (nSPS) is 21.6. The van der Waals surface area contributed by atoms with E-state index in [0.29, 0.717) is 18.8 Å². The van der Waals surface area contributed by atoms with Gasteiger partial charge >= 0.3 is 11.9 Å². The van der Waals surface area contributed by atoms with E-state index in [9.17, 15) is 14.7 Å². The van der Waals surface area contributed by atoms with Crippen molar-refractivity contribution in [2.45, 2.75) is 104 Å². The monoisotopic (exact) mass is 380 g/mol. The summed E-state index contributed by atoms with van der Waals surface area (Å²) in [5.41, 5.74) is 0. The smallest absolute Gasteiger partial charge is 0.310 e. The Hall–Kier alpha value is -1.32. The van der Waals surface area contributed by atoms with Gasteiger partial charge in [-0.3, -0.25) is 9.59 Å². The highest BCUT2D eigenvalue weighted by molar-refractivity contribution is 5.81. The Morgan fingerprint density at radius 3 is 2.07 bits per heavy atom. The predicted molar refractivity (Wildman–Crippen MR) is 110 cm³/mol. The zero-order valence-electron chi connectivity index (χ0n) is 17.6. The lowest BCUT2D eigenvalue weighted by atomic mass is 9.83. The molecule has 0 fully saturated rings. The number of unbranched alkanes of at least 4 members (excludes halogenated alkanes) is 7. The van der Waals surface area contributed by atoms with Crippen LogP contribution in [-0.4, -0.2) is 23.1 Å². The first-order valence-corrected chi connectivity index (χ1v) is 11.1. The molecule has 4 nitrogen and oxygen atoms in total. The van der Waals surface area contributed by atoms with E-state index in [2.05, 4.69) is 20.8 Å². The van der Waals surface area contributed by atoms with Crippen molar-refractivity contribution in [3.05, 3.63) is 12.2 Å². The zero-order chi connectivity index (χ0) is 20.1. The molecule has 4 unspecified atom stereocenters. The lowest BCUT2D eigenvalue weighted by Crippen LogP contribution is -2.36. The minimum absolute atomic E-state index is 0.0945. The number of hydrogen-bond acceptors (Lipinski definition) is 3. The summed E-state index contributed by atoms with van der Waals surface area (Å²) < 4.78 is 5.85. The van der Waals surface area contributed by atoms with Crippen molar-refractivity contribution in [2.75, 3.05) is 0 Å². The maximum Gasteiger partial charge on any atom is 0.310 e. The standard InChI is InChI=1S/C23H40O4/c1-4-6-7-8-9-10-11-12-17-21(18(3)5-2)27-23(26)20-16-14-13-15-19(20)22(24)25/h13-14,18-21H,4-12,15-17H2,1-3H3,(H,24,25). The quantitative estimate of drug-likeness (QED) is 0.223. The number of ether oxygens (including phenoxy) is 1. The number of aliphatic carboxylic acids is 1. The maximum absolute atomic E-state index is 12.7. The van der Waals surface area contributed by atoms with E-state index in [0.717, 1.165) is 19.3 Å². The summed E-state index contributed by atoms with van der Waals surface area (Å²) in [5.74, 6) is -2.11. The molecule has 1 aliphatic carbocycles. The molecule has 0 heterocycles. The number of carboxylic acid groups (broad SMARTS) is 1. The molecule has 1 N–H and O–H groups in total. The SMILES string of the molecule is CCCCCCCCCCC(OC(=O)C1CC=CCC1C(=O)O)C(C)CC. The molecule has 0 amide bonds. The molecule has 1 rings (SSSR count). The summed E-state index contributed by atoms with van der Waals surface area (Å²) in [4.78, 5) is 24.1. The van der Waals surface area contributed by atoms with E-state index in [4.69, 9.17) is 4.74 Å². The van der Waals surface area contributed by atoms with Gasteiger partial charge in [-0.25, -0.2) is 0 Å². The van der Waals surface area contributed by atoms with Crippen LogP contribution in [0.5, 0.6) is 0 Å². The molecule has 0 aromatic heterocycles. The Morgan fingerprint density at radius 2 is 1.52 bits per heavy atom. The van der Waals surface area contributed by atoms with Crippen molar-refractivity contribution in [3.63, 3.8) is 0 Å². The van der Waals surface area contributed by atoms with E-state index in [1.807, 2.05) is 12.2 Å². The van der Waals surface area contributed by atoms with E-state index in [1.165, 1.54) is 44.9 Å². The van der Waals surface area contributed by atoms with Crippen LogP contribution in [0.3, 0.4) is 0 Å². The molecule has 0 aromatic rings. The van der Waals surface area contributed by atoms with Gasteiger partial charge in [-0.1, -0.05) is 84.3 Å². The zero-order valence-corrected chi connectivity index (χ0v) is 17.6. The van der Waals surface area contributed by atoms with Gasteiger partial charge in [-0.05, 0) is 31.6 Å². The second-order valence-electron chi connectivity index (χ2n) is 8.12. The van der Waals surface area contributed by atoms with Gasteiger partial charge in [0.1, 0.15) is 6.10 Å². The van der Waals surface area contributed by atoms with Gasteiger partial charge in [0.15, 0.2) is 0 Å². The van der Waals surface area contributed by atoms with Crippen molar-refractivity contribution in [1.82, 2.24) is 0 Å². The third kappa shape index (κ3) is 8.94. The molecule has 4 heteroatoms. The minimum atomic E-state index is -0.899. The Kier molecular flexibility index (Phi) is 12.1. The highest BCUT2D eigenvalue weighted by atomic mass is 16.5. The molecular weight excluding hydrogens is 340 g/mol. The Balaban J connectivity index is 2.43. The van der Waals surface area contributed by atoms with Crippen molar-refractivity contribution < 1.29 is 19.4 Å². The molecule has 1 aliphatic rings. The van der Waals surface area contributed by atoms with E-state index >= 15 is 0 Å². The number of esters is 1. The van der Waals surface area contributed by atoms with Crippen LogP contribution in [0.2, 0.25) is 0 Å². The summed E-state index contributed by atoms with van der Waals surface area (Å²) in [6.07, 6.45) is 16.5. The van der Waals surface area contributed by atoms with E-state index in [-0.39, 0.29) is 12.1 Å². The summed E-state index contributed by atoms with van der Waals surface area (Å²) >= 11 is 0. The van der Waals surface area contributed by atoms with Gasteiger partial charge in [0.25, 0.3) is 0 Å². The summed E-state index contributed by atoms with van der Waals surface area (Å²) in [6.45, 7) is 6.47. The summed E-state index contributed by atoms with van der Waals surface area (Å²) in [7, 11) is 0. The van der Waals surface area contributed by atoms with E-state index < -0.39 is 17.8 Å². The first-order valence-electron chi connectivity index (χ1n) is 11.1. The highest BCUT2D eigenvalue weighted by Gasteiger charge is 2.36. The van der Waals surface area contributed by atoms with Crippen molar-refractivity contribution >= 4 is 11.9 Å². The van der Waals surface area contributed by atoms with Crippen LogP contribution in [0.15, 0.2) is 12.2 Å². The molecule has 0 spiro atoms. The lowest BCUT2D eigenvalue weighted by Gasteiger charge is -2.28. The molecule has 156 valence electrons. The molecule has 0 bridgehead atoms. The molecule has 0 radical (unpaired) electrons. The van der Waals surface area contributed by atoms with Crippen LogP contribution < -0.4 is 0 Å². The molecule has 0 saturated carbocycles. The average molecular weight is 381 g/mol. The minimum Gasteiger partial charge on any atom is -0.481 e. The fourth-order valence-corrected chi connectivity index (χ4v) is 3.79. The van der Waals surface area contributed by atoms with Gasteiger partial charge < -0.3 is 9.84 Å². The number of carbonyl (C=O) groups is 2. The summed E-state index contributed by atoms with van der Waals surface area (Å²) in [5, 5.41) is 9.38. The Morgan fingerprint density at radius 1 is 0.963 bits per heavy atom. The van der Waals surface area contributed by atoms with Crippen LogP contribution in [0, 0.1) is 17.8 Å². The predicted octanol–water partition coefficient (Wildman–Crippen LogP) is 6.14. The fraction of sp³-hybridized carbons (Fsp3) is 0.826. The van der Waals surface area contributed by atoms with Crippen molar-refractivity contribution in [3.8, 4) is 0 Å². The van der Waals surface area contributed by atoms with Crippen LogP contribution in [0.25, 0.3) is 0 Å². The van der Waals surface area contributed by atoms with Crippen LogP contribution in [0.4, 0.5) is 0 Å². The number of allylic oxidation sites excluding steroid dienone is 2. The fourth-order valence-electron chi connectivity index (χ4n) is 3.79. The van der Waals surface area contributed by atoms with Crippen molar-refractivity contribution in [1.29, 1.82) is 0 Å². The second kappa shape index (κ2) is 13.8. The van der Waals surface area contributed by atoms with Gasteiger partial charge in [0.2, 0.25) is 0 Å². The molecule has 0 aliphatic heterocycles. The largest absolute Gasteiger partial charge is 0.481 e. The third-order valence-electron chi connectivity index (χ3n) is 5.94. The van der Waals surface area contributed by atoms with Gasteiger partial charge in [0.05, 0.1) is 11.8 Å². The Labute approximate surface area is 165 Å². The van der Waals surface area contributed by atoms with Gasteiger partial charge in [0, 0.05) is 0 Å². The average Bonchev–Trinajstić information content (AvgIpc) is 2.68. The third-order valence-corrected chi connectivity index (χ3v) is 5.94. The summed E-state index contributed by atoms with van der Waals surface area (Å²) in [6, 6.07) is 0. The maximum atomic E-state index is 12.7. The Bertz CT molecular complexity index is 457. The number of carboxylic acids is 1. The molecule has 0 aromatic carbocycles. The van der Waals surface area contributed by atoms with Gasteiger partial charge in [-0.15, -0.1) is 0 Å². The molecule has 27 heavy (non-hydrogen) atoms. The van der Waals surface area contributed by atoms with Crippen LogP contribution in [-0.2, 0) is 14.3 Å². The first-order chi connectivity index (χ1) is 13.0. The van der Waals surface area contributed by atoms with Gasteiger partial charge in [-0.2, -0.15) is 0 Å². The number of rotatable bonds is 14. The van der Waals surface area contributed by atoms with Crippen LogP contribution >= 0.6 is 0 Å². The van der Waals surface area contributed by atoms with E-state index in [1.54, 1.807) is 0 Å². The van der Waals surface area contributed by atoms with Crippen molar-refractivity contribution in [2.24, 2.45) is 17.8 Å². The molecular formula is C23H40O4. The number of hydrogen-bond donors (Lipinski definition) is 1. The highest BCUT2D eigenvalue weighted by Crippen LogP contribution is 2.29.